The van der Waals surface area contributed by atoms with E-state index in [1.807, 2.05) is 30.3 Å². The minimum Gasteiger partial charge on any atom is -0.458 e. The number of hydrogen-bond acceptors (Lipinski definition) is 6. The zero-order valence-corrected chi connectivity index (χ0v) is 18.4. The van der Waals surface area contributed by atoms with Crippen LogP contribution in [0.15, 0.2) is 54.6 Å². The first-order valence-electron chi connectivity index (χ1n) is 10.2. The quantitative estimate of drug-likeness (QED) is 0.458. The monoisotopic (exact) mass is 426 g/mol. The highest BCUT2D eigenvalue weighted by atomic mass is 16.6. The van der Waals surface area contributed by atoms with Crippen LogP contribution >= 0.6 is 0 Å². The minimum atomic E-state index is -0.997. The molecule has 0 bridgehead atoms. The van der Waals surface area contributed by atoms with Gasteiger partial charge in [-0.05, 0) is 57.0 Å². The molecule has 0 aliphatic heterocycles. The van der Waals surface area contributed by atoms with Crippen molar-refractivity contribution < 1.29 is 23.9 Å². The fourth-order valence-electron chi connectivity index (χ4n) is 2.77. The van der Waals surface area contributed by atoms with Crippen LogP contribution in [0.2, 0.25) is 0 Å². The summed E-state index contributed by atoms with van der Waals surface area (Å²) in [6.45, 7) is 5.29. The van der Waals surface area contributed by atoms with E-state index in [1.54, 1.807) is 52.1 Å². The molecule has 2 aromatic carbocycles. The largest absolute Gasteiger partial charge is 0.458 e. The Labute approximate surface area is 183 Å². The highest BCUT2D eigenvalue weighted by Gasteiger charge is 2.28. The van der Waals surface area contributed by atoms with Crippen LogP contribution in [0.25, 0.3) is 0 Å². The molecule has 0 saturated heterocycles. The number of esters is 1. The minimum absolute atomic E-state index is 0.0712. The summed E-state index contributed by atoms with van der Waals surface area (Å²) in [6.07, 6.45) is -0.575. The number of ether oxygens (including phenoxy) is 2. The standard InChI is InChI=1S/C24H30N2O5/c1-24(2,3)31-22(28)20(26-23(29)30-16-17-8-6-5-7-9-17)14-15-21(27)18-10-12-19(25-4)13-11-18/h5-13,20,25H,14-16H2,1-4H3,(H,26,29). The highest BCUT2D eigenvalue weighted by Crippen LogP contribution is 2.15. The maximum atomic E-state index is 12.6. The van der Waals surface area contributed by atoms with Gasteiger partial charge in [-0.2, -0.15) is 0 Å². The summed E-state index contributed by atoms with van der Waals surface area (Å²) in [6, 6.07) is 15.3. The number of rotatable bonds is 9. The van der Waals surface area contributed by atoms with Gasteiger partial charge in [-0.3, -0.25) is 4.79 Å². The van der Waals surface area contributed by atoms with Gasteiger partial charge in [0.05, 0.1) is 0 Å². The van der Waals surface area contributed by atoms with Crippen LogP contribution in [0.1, 0.15) is 49.5 Å². The molecule has 0 fully saturated rings. The Kier molecular flexibility index (Phi) is 8.61. The van der Waals surface area contributed by atoms with Gasteiger partial charge in [0.25, 0.3) is 0 Å². The first-order valence-corrected chi connectivity index (χ1v) is 10.2. The number of benzene rings is 2. The van der Waals surface area contributed by atoms with Crippen LogP contribution in [0.3, 0.4) is 0 Å². The lowest BCUT2D eigenvalue weighted by molar-refractivity contribution is -0.157. The molecular formula is C24H30N2O5. The zero-order chi connectivity index (χ0) is 22.9. The van der Waals surface area contributed by atoms with Gasteiger partial charge in [-0.25, -0.2) is 9.59 Å². The summed E-state index contributed by atoms with van der Waals surface area (Å²) < 4.78 is 10.6. The van der Waals surface area contributed by atoms with Crippen LogP contribution in [0, 0.1) is 0 Å². The van der Waals surface area contributed by atoms with E-state index in [-0.39, 0.29) is 25.2 Å². The molecule has 7 nitrogen and oxygen atoms in total. The summed E-state index contributed by atoms with van der Waals surface area (Å²) in [7, 11) is 1.80. The van der Waals surface area contributed by atoms with Crippen molar-refractivity contribution >= 4 is 23.5 Å². The van der Waals surface area contributed by atoms with Crippen LogP contribution in [-0.4, -0.2) is 36.5 Å². The van der Waals surface area contributed by atoms with E-state index in [0.29, 0.717) is 5.56 Å². The summed E-state index contributed by atoms with van der Waals surface area (Å²) in [5, 5.41) is 5.53. The molecule has 1 unspecified atom stereocenters. The number of anilines is 1. The van der Waals surface area contributed by atoms with Gasteiger partial charge < -0.3 is 20.1 Å². The van der Waals surface area contributed by atoms with Gasteiger partial charge in [0.15, 0.2) is 5.78 Å². The molecule has 7 heteroatoms. The third-order valence-electron chi connectivity index (χ3n) is 4.35. The Morgan fingerprint density at radius 2 is 1.61 bits per heavy atom. The molecule has 31 heavy (non-hydrogen) atoms. The molecule has 0 heterocycles. The van der Waals surface area contributed by atoms with Crippen molar-refractivity contribution in [2.75, 3.05) is 12.4 Å². The van der Waals surface area contributed by atoms with E-state index in [9.17, 15) is 14.4 Å². The fraction of sp³-hybridized carbons (Fsp3) is 0.375. The van der Waals surface area contributed by atoms with Gasteiger partial charge in [0.2, 0.25) is 0 Å². The van der Waals surface area contributed by atoms with Crippen molar-refractivity contribution in [1.82, 2.24) is 5.32 Å². The van der Waals surface area contributed by atoms with Crippen molar-refractivity contribution in [1.29, 1.82) is 0 Å². The molecule has 1 amide bonds. The second kappa shape index (κ2) is 11.2. The molecule has 2 aromatic rings. The normalized spacial score (nSPS) is 11.9. The second-order valence-corrected chi connectivity index (χ2v) is 8.08. The maximum absolute atomic E-state index is 12.6. The van der Waals surface area contributed by atoms with Gasteiger partial charge in [0.1, 0.15) is 18.2 Å². The summed E-state index contributed by atoms with van der Waals surface area (Å²) >= 11 is 0. The van der Waals surface area contributed by atoms with Crippen molar-refractivity contribution in [3.8, 4) is 0 Å². The second-order valence-electron chi connectivity index (χ2n) is 8.08. The lowest BCUT2D eigenvalue weighted by Gasteiger charge is -2.24. The van der Waals surface area contributed by atoms with Crippen LogP contribution in [-0.2, 0) is 20.9 Å². The number of alkyl carbamates (subject to hydrolysis) is 1. The molecule has 166 valence electrons. The fourth-order valence-corrected chi connectivity index (χ4v) is 2.77. The SMILES string of the molecule is CNc1ccc(C(=O)CCC(NC(=O)OCc2ccccc2)C(=O)OC(C)(C)C)cc1. The average molecular weight is 427 g/mol. The lowest BCUT2D eigenvalue weighted by Crippen LogP contribution is -2.44. The topological polar surface area (TPSA) is 93.7 Å². The zero-order valence-electron chi connectivity index (χ0n) is 18.4. The van der Waals surface area contributed by atoms with E-state index in [1.165, 1.54) is 0 Å². The third-order valence-corrected chi connectivity index (χ3v) is 4.35. The summed E-state index contributed by atoms with van der Waals surface area (Å²) in [5.41, 5.74) is 1.53. The number of carbonyl (C=O) groups is 3. The van der Waals surface area contributed by atoms with Crippen molar-refractivity contribution in [3.05, 3.63) is 65.7 Å². The van der Waals surface area contributed by atoms with Gasteiger partial charge in [-0.1, -0.05) is 30.3 Å². The number of carbonyl (C=O) groups excluding carboxylic acids is 3. The number of hydrogen-bond donors (Lipinski definition) is 2. The van der Waals surface area contributed by atoms with Gasteiger partial charge in [-0.15, -0.1) is 0 Å². The molecule has 2 rings (SSSR count). The Morgan fingerprint density at radius 3 is 2.19 bits per heavy atom. The molecule has 0 aromatic heterocycles. The Bertz CT molecular complexity index is 873. The smallest absolute Gasteiger partial charge is 0.408 e. The van der Waals surface area contributed by atoms with Crippen LogP contribution < -0.4 is 10.6 Å². The van der Waals surface area contributed by atoms with Gasteiger partial charge >= 0.3 is 12.1 Å². The predicted molar refractivity (Wildman–Crippen MR) is 119 cm³/mol. The van der Waals surface area contributed by atoms with Crippen LogP contribution in [0.4, 0.5) is 10.5 Å². The van der Waals surface area contributed by atoms with E-state index >= 15 is 0 Å². The van der Waals surface area contributed by atoms with Crippen molar-refractivity contribution in [2.24, 2.45) is 0 Å². The highest BCUT2D eigenvalue weighted by molar-refractivity contribution is 5.96. The number of amides is 1. The molecule has 0 radical (unpaired) electrons. The molecule has 0 aliphatic carbocycles. The Morgan fingerprint density at radius 1 is 0.968 bits per heavy atom. The lowest BCUT2D eigenvalue weighted by atomic mass is 10.0. The Balaban J connectivity index is 1.98. The molecule has 0 spiro atoms. The van der Waals surface area contributed by atoms with Crippen LogP contribution in [0.5, 0.6) is 0 Å². The first-order chi connectivity index (χ1) is 14.7. The molecule has 1 atom stereocenters. The molecule has 0 aliphatic rings. The number of nitrogens with one attached hydrogen (secondary N) is 2. The predicted octanol–water partition coefficient (Wildman–Crippen LogP) is 4.33. The van der Waals surface area contributed by atoms with Crippen molar-refractivity contribution in [2.45, 2.75) is 51.9 Å². The Hall–Kier alpha value is -3.35. The summed E-state index contributed by atoms with van der Waals surface area (Å²) in [4.78, 5) is 37.4. The van der Waals surface area contributed by atoms with Gasteiger partial charge in [0, 0.05) is 24.7 Å². The van der Waals surface area contributed by atoms with E-state index in [2.05, 4.69) is 10.6 Å². The van der Waals surface area contributed by atoms with E-state index in [0.717, 1.165) is 11.3 Å². The molecule has 0 saturated carbocycles. The molecular weight excluding hydrogens is 396 g/mol. The maximum Gasteiger partial charge on any atom is 0.408 e. The number of ketones is 1. The molecule has 2 N–H and O–H groups in total. The number of Topliss-reactive ketones (excluding diaryl/α,β-unsaturated/α-hetero) is 1. The van der Waals surface area contributed by atoms with Crippen molar-refractivity contribution in [3.63, 3.8) is 0 Å². The van der Waals surface area contributed by atoms with E-state index < -0.39 is 23.7 Å². The first kappa shape index (κ1) is 23.9. The summed E-state index contributed by atoms with van der Waals surface area (Å²) in [5.74, 6) is -0.738. The third kappa shape index (κ3) is 8.50. The average Bonchev–Trinajstić information content (AvgIpc) is 2.74. The van der Waals surface area contributed by atoms with E-state index in [4.69, 9.17) is 9.47 Å².